The summed E-state index contributed by atoms with van der Waals surface area (Å²) in [7, 11) is 0. The molecule has 0 atom stereocenters. The van der Waals surface area contributed by atoms with Gasteiger partial charge in [-0.05, 0) is 24.3 Å². The van der Waals surface area contributed by atoms with E-state index in [-0.39, 0.29) is 0 Å². The Bertz CT molecular complexity index is 417. The van der Waals surface area contributed by atoms with Gasteiger partial charge in [0.1, 0.15) is 0 Å². The fourth-order valence-corrected chi connectivity index (χ4v) is 3.42. The van der Waals surface area contributed by atoms with Crippen LogP contribution in [0.5, 0.6) is 0 Å². The maximum Gasteiger partial charge on any atom is 0.153 e. The summed E-state index contributed by atoms with van der Waals surface area (Å²) in [5.41, 5.74) is 1.96. The standard InChI is InChI=1S/C15H22N2OS/c1-2-3-11-19-15-6-4-5-14(13(15)12-18)17-9-7-16-8-10-17/h4-6,12,16H,2-3,7-11H2,1H3. The first-order valence-corrected chi connectivity index (χ1v) is 8.02. The Morgan fingerprint density at radius 2 is 2.16 bits per heavy atom. The van der Waals surface area contributed by atoms with E-state index in [4.69, 9.17) is 0 Å². The van der Waals surface area contributed by atoms with Crippen molar-refractivity contribution in [1.82, 2.24) is 5.32 Å². The molecular formula is C15H22N2OS. The molecule has 2 rings (SSSR count). The number of hydrogen-bond acceptors (Lipinski definition) is 4. The van der Waals surface area contributed by atoms with Gasteiger partial charge in [-0.1, -0.05) is 19.4 Å². The number of aldehydes is 1. The minimum atomic E-state index is 0.866. The number of piperazine rings is 1. The van der Waals surface area contributed by atoms with E-state index in [9.17, 15) is 4.79 Å². The summed E-state index contributed by atoms with van der Waals surface area (Å²) >= 11 is 1.80. The van der Waals surface area contributed by atoms with Gasteiger partial charge in [-0.15, -0.1) is 11.8 Å². The van der Waals surface area contributed by atoms with Crippen molar-refractivity contribution < 1.29 is 4.79 Å². The molecule has 1 aromatic carbocycles. The van der Waals surface area contributed by atoms with Gasteiger partial charge in [0, 0.05) is 36.8 Å². The Hall–Kier alpha value is -1.00. The Morgan fingerprint density at radius 1 is 1.37 bits per heavy atom. The van der Waals surface area contributed by atoms with Crippen molar-refractivity contribution in [3.8, 4) is 0 Å². The quantitative estimate of drug-likeness (QED) is 0.493. The molecule has 0 unspecified atom stereocenters. The van der Waals surface area contributed by atoms with Crippen LogP contribution >= 0.6 is 11.8 Å². The van der Waals surface area contributed by atoms with E-state index in [0.29, 0.717) is 0 Å². The van der Waals surface area contributed by atoms with E-state index in [1.807, 2.05) is 0 Å². The Labute approximate surface area is 119 Å². The molecule has 4 heteroatoms. The predicted molar refractivity (Wildman–Crippen MR) is 82.5 cm³/mol. The molecular weight excluding hydrogens is 256 g/mol. The lowest BCUT2D eigenvalue weighted by Gasteiger charge is -2.30. The van der Waals surface area contributed by atoms with Crippen LogP contribution in [0.15, 0.2) is 23.1 Å². The lowest BCUT2D eigenvalue weighted by atomic mass is 10.1. The predicted octanol–water partition coefficient (Wildman–Crippen LogP) is 2.80. The zero-order chi connectivity index (χ0) is 13.5. The van der Waals surface area contributed by atoms with Crippen LogP contribution in [0.1, 0.15) is 30.1 Å². The van der Waals surface area contributed by atoms with E-state index >= 15 is 0 Å². The number of rotatable bonds is 6. The summed E-state index contributed by atoms with van der Waals surface area (Å²) in [4.78, 5) is 14.9. The van der Waals surface area contributed by atoms with Crippen LogP contribution in [0, 0.1) is 0 Å². The number of hydrogen-bond donors (Lipinski definition) is 1. The maximum atomic E-state index is 11.5. The molecule has 1 fully saturated rings. The summed E-state index contributed by atoms with van der Waals surface area (Å²) in [5, 5.41) is 3.34. The zero-order valence-corrected chi connectivity index (χ0v) is 12.3. The molecule has 1 aliphatic heterocycles. The highest BCUT2D eigenvalue weighted by molar-refractivity contribution is 7.99. The first-order chi connectivity index (χ1) is 9.36. The summed E-state index contributed by atoms with van der Waals surface area (Å²) in [6.45, 7) is 6.13. The first-order valence-electron chi connectivity index (χ1n) is 7.03. The van der Waals surface area contributed by atoms with Crippen LogP contribution in [0.4, 0.5) is 5.69 Å². The SMILES string of the molecule is CCCCSc1cccc(N2CCNCC2)c1C=O. The fourth-order valence-electron chi connectivity index (χ4n) is 2.28. The minimum absolute atomic E-state index is 0.866. The monoisotopic (exact) mass is 278 g/mol. The van der Waals surface area contributed by atoms with Gasteiger partial charge in [-0.3, -0.25) is 4.79 Å². The average Bonchev–Trinajstić information content (AvgIpc) is 2.48. The topological polar surface area (TPSA) is 32.3 Å². The number of anilines is 1. The molecule has 0 amide bonds. The molecule has 0 radical (unpaired) electrons. The van der Waals surface area contributed by atoms with Gasteiger partial charge >= 0.3 is 0 Å². The molecule has 0 aromatic heterocycles. The second-order valence-corrected chi connectivity index (χ2v) is 5.88. The molecule has 0 bridgehead atoms. The van der Waals surface area contributed by atoms with Crippen molar-refractivity contribution >= 4 is 23.7 Å². The van der Waals surface area contributed by atoms with Crippen LogP contribution in [-0.2, 0) is 0 Å². The molecule has 1 heterocycles. The normalized spacial score (nSPS) is 15.5. The number of nitrogens with one attached hydrogen (secondary N) is 1. The third-order valence-corrected chi connectivity index (χ3v) is 4.53. The number of unbranched alkanes of at least 4 members (excludes halogenated alkanes) is 1. The molecule has 1 aromatic rings. The Kier molecular flexibility index (Phi) is 5.73. The maximum absolute atomic E-state index is 11.5. The Balaban J connectivity index is 2.17. The molecule has 1 aliphatic rings. The van der Waals surface area contributed by atoms with Gasteiger partial charge in [0.05, 0.1) is 5.56 Å². The van der Waals surface area contributed by atoms with Crippen molar-refractivity contribution in [2.24, 2.45) is 0 Å². The second-order valence-electron chi connectivity index (χ2n) is 4.75. The van der Waals surface area contributed by atoms with Crippen LogP contribution in [0.2, 0.25) is 0 Å². The minimum Gasteiger partial charge on any atom is -0.368 e. The molecule has 1 saturated heterocycles. The van der Waals surface area contributed by atoms with Crippen LogP contribution in [-0.4, -0.2) is 38.2 Å². The average molecular weight is 278 g/mol. The summed E-state index contributed by atoms with van der Waals surface area (Å²) in [6.07, 6.45) is 3.41. The number of carbonyl (C=O) groups is 1. The number of benzene rings is 1. The number of carbonyl (C=O) groups excluding carboxylic acids is 1. The molecule has 0 aliphatic carbocycles. The van der Waals surface area contributed by atoms with E-state index < -0.39 is 0 Å². The van der Waals surface area contributed by atoms with Gasteiger partial charge in [-0.25, -0.2) is 0 Å². The van der Waals surface area contributed by atoms with Gasteiger partial charge in [0.2, 0.25) is 0 Å². The number of thioether (sulfide) groups is 1. The Morgan fingerprint density at radius 3 is 2.84 bits per heavy atom. The van der Waals surface area contributed by atoms with Crippen LogP contribution in [0.25, 0.3) is 0 Å². The molecule has 19 heavy (non-hydrogen) atoms. The molecule has 0 spiro atoms. The van der Waals surface area contributed by atoms with Crippen molar-refractivity contribution in [2.45, 2.75) is 24.7 Å². The second kappa shape index (κ2) is 7.56. The highest BCUT2D eigenvalue weighted by atomic mass is 32.2. The highest BCUT2D eigenvalue weighted by Gasteiger charge is 2.16. The molecule has 0 saturated carbocycles. The van der Waals surface area contributed by atoms with Crippen LogP contribution in [0.3, 0.4) is 0 Å². The molecule has 1 N–H and O–H groups in total. The number of nitrogens with zero attached hydrogens (tertiary/aromatic N) is 1. The largest absolute Gasteiger partial charge is 0.368 e. The van der Waals surface area contributed by atoms with Crippen molar-refractivity contribution in [1.29, 1.82) is 0 Å². The fraction of sp³-hybridized carbons (Fsp3) is 0.533. The summed E-state index contributed by atoms with van der Waals surface area (Å²) < 4.78 is 0. The van der Waals surface area contributed by atoms with E-state index in [2.05, 4.69) is 35.3 Å². The summed E-state index contributed by atoms with van der Waals surface area (Å²) in [6, 6.07) is 6.20. The van der Waals surface area contributed by atoms with Gasteiger partial charge in [0.25, 0.3) is 0 Å². The van der Waals surface area contributed by atoms with Crippen LogP contribution < -0.4 is 10.2 Å². The van der Waals surface area contributed by atoms with Crippen molar-refractivity contribution in [3.05, 3.63) is 23.8 Å². The van der Waals surface area contributed by atoms with Gasteiger partial charge < -0.3 is 10.2 Å². The zero-order valence-electron chi connectivity index (χ0n) is 11.5. The van der Waals surface area contributed by atoms with E-state index in [1.54, 1.807) is 11.8 Å². The summed E-state index contributed by atoms with van der Waals surface area (Å²) in [5.74, 6) is 1.09. The third kappa shape index (κ3) is 3.74. The van der Waals surface area contributed by atoms with E-state index in [0.717, 1.165) is 54.4 Å². The van der Waals surface area contributed by atoms with Crippen molar-refractivity contribution in [2.75, 3.05) is 36.8 Å². The van der Waals surface area contributed by atoms with Gasteiger partial charge in [0.15, 0.2) is 6.29 Å². The lowest BCUT2D eigenvalue weighted by molar-refractivity contribution is 0.112. The highest BCUT2D eigenvalue weighted by Crippen LogP contribution is 2.30. The lowest BCUT2D eigenvalue weighted by Crippen LogP contribution is -2.43. The molecule has 3 nitrogen and oxygen atoms in total. The first kappa shape index (κ1) is 14.4. The third-order valence-electron chi connectivity index (χ3n) is 3.37. The van der Waals surface area contributed by atoms with E-state index in [1.165, 1.54) is 12.8 Å². The van der Waals surface area contributed by atoms with Crippen molar-refractivity contribution in [3.63, 3.8) is 0 Å². The van der Waals surface area contributed by atoms with Gasteiger partial charge in [-0.2, -0.15) is 0 Å². The molecule has 104 valence electrons. The smallest absolute Gasteiger partial charge is 0.153 e.